The molecule has 2 aromatic rings. The lowest BCUT2D eigenvalue weighted by Crippen LogP contribution is -2.51. The van der Waals surface area contributed by atoms with Crippen LogP contribution in [0.4, 0.5) is 4.39 Å². The number of hydrogen-bond donors (Lipinski definition) is 1. The standard InChI is InChI=1S/C20H24FN3O3S/c1-16(17-5-3-2-4-6-17)22-20(25)15-23-11-13-24(14-12-23)28(26,27)19-9-7-18(21)8-10-19/h2-10,16H,11-15H2,1H3,(H,22,25). The van der Waals surface area contributed by atoms with Crippen LogP contribution in [0.3, 0.4) is 0 Å². The number of benzene rings is 2. The van der Waals surface area contributed by atoms with Crippen molar-refractivity contribution in [1.82, 2.24) is 14.5 Å². The van der Waals surface area contributed by atoms with Crippen molar-refractivity contribution in [3.8, 4) is 0 Å². The predicted octanol–water partition coefficient (Wildman–Crippen LogP) is 2.01. The van der Waals surface area contributed by atoms with E-state index in [1.807, 2.05) is 42.2 Å². The van der Waals surface area contributed by atoms with E-state index in [2.05, 4.69) is 5.32 Å². The molecule has 6 nitrogen and oxygen atoms in total. The Morgan fingerprint density at radius 1 is 1.04 bits per heavy atom. The van der Waals surface area contributed by atoms with Gasteiger partial charge in [-0.2, -0.15) is 4.31 Å². The van der Waals surface area contributed by atoms with E-state index < -0.39 is 15.8 Å². The summed E-state index contributed by atoms with van der Waals surface area (Å²) in [5.74, 6) is -0.564. The quantitative estimate of drug-likeness (QED) is 0.798. The van der Waals surface area contributed by atoms with Gasteiger partial charge in [0.05, 0.1) is 17.5 Å². The molecule has 0 radical (unpaired) electrons. The smallest absolute Gasteiger partial charge is 0.243 e. The number of piperazine rings is 1. The van der Waals surface area contributed by atoms with E-state index in [1.165, 1.54) is 16.4 Å². The summed E-state index contributed by atoms with van der Waals surface area (Å²) in [6, 6.07) is 14.4. The summed E-state index contributed by atoms with van der Waals surface area (Å²) in [7, 11) is -3.65. The van der Waals surface area contributed by atoms with E-state index in [-0.39, 0.29) is 23.4 Å². The van der Waals surface area contributed by atoms with Crippen molar-refractivity contribution in [1.29, 1.82) is 0 Å². The van der Waals surface area contributed by atoms with Gasteiger partial charge < -0.3 is 5.32 Å². The molecule has 0 aliphatic carbocycles. The van der Waals surface area contributed by atoms with Crippen molar-refractivity contribution >= 4 is 15.9 Å². The highest BCUT2D eigenvalue weighted by atomic mass is 32.2. The monoisotopic (exact) mass is 405 g/mol. The van der Waals surface area contributed by atoms with Gasteiger partial charge in [-0.1, -0.05) is 30.3 Å². The number of halogens is 1. The Bertz CT molecular complexity index is 896. The molecule has 1 unspecified atom stereocenters. The molecule has 1 amide bonds. The van der Waals surface area contributed by atoms with Crippen molar-refractivity contribution in [2.45, 2.75) is 17.9 Å². The SMILES string of the molecule is CC(NC(=O)CN1CCN(S(=O)(=O)c2ccc(F)cc2)CC1)c1ccccc1. The van der Waals surface area contributed by atoms with Crippen LogP contribution in [0.5, 0.6) is 0 Å². The number of carbonyl (C=O) groups excluding carboxylic acids is 1. The first kappa shape index (κ1) is 20.4. The summed E-state index contributed by atoms with van der Waals surface area (Å²) in [6.45, 7) is 3.67. The van der Waals surface area contributed by atoms with Crippen LogP contribution < -0.4 is 5.32 Å². The Balaban J connectivity index is 1.51. The van der Waals surface area contributed by atoms with Crippen LogP contribution in [0.2, 0.25) is 0 Å². The number of amides is 1. The van der Waals surface area contributed by atoms with Crippen LogP contribution >= 0.6 is 0 Å². The molecule has 0 aromatic heterocycles. The molecule has 150 valence electrons. The van der Waals surface area contributed by atoms with Crippen molar-refractivity contribution in [3.05, 3.63) is 66.0 Å². The molecule has 0 bridgehead atoms. The second-order valence-electron chi connectivity index (χ2n) is 6.83. The number of carbonyl (C=O) groups is 1. The Kier molecular flexibility index (Phi) is 6.43. The minimum atomic E-state index is -3.65. The summed E-state index contributed by atoms with van der Waals surface area (Å²) in [4.78, 5) is 14.3. The summed E-state index contributed by atoms with van der Waals surface area (Å²) in [5, 5.41) is 2.97. The van der Waals surface area contributed by atoms with Crippen LogP contribution in [0, 0.1) is 5.82 Å². The van der Waals surface area contributed by atoms with Gasteiger partial charge in [0.2, 0.25) is 15.9 Å². The highest BCUT2D eigenvalue weighted by Crippen LogP contribution is 2.18. The molecular weight excluding hydrogens is 381 g/mol. The van der Waals surface area contributed by atoms with Crippen LogP contribution in [-0.4, -0.2) is 56.3 Å². The van der Waals surface area contributed by atoms with Gasteiger partial charge in [-0.25, -0.2) is 12.8 Å². The molecule has 1 aliphatic rings. The fraction of sp³-hybridized carbons (Fsp3) is 0.350. The topological polar surface area (TPSA) is 69.7 Å². The maximum Gasteiger partial charge on any atom is 0.243 e. The first-order valence-corrected chi connectivity index (χ1v) is 10.6. The Hall–Kier alpha value is -2.29. The van der Waals surface area contributed by atoms with Gasteiger partial charge in [-0.05, 0) is 36.8 Å². The van der Waals surface area contributed by atoms with E-state index in [1.54, 1.807) is 0 Å². The van der Waals surface area contributed by atoms with E-state index in [9.17, 15) is 17.6 Å². The number of nitrogens with zero attached hydrogens (tertiary/aromatic N) is 2. The normalized spacial score (nSPS) is 17.2. The molecule has 8 heteroatoms. The molecule has 1 aliphatic heterocycles. The molecule has 1 N–H and O–H groups in total. The third-order valence-corrected chi connectivity index (χ3v) is 6.74. The van der Waals surface area contributed by atoms with Gasteiger partial charge in [0.15, 0.2) is 0 Å². The second kappa shape index (κ2) is 8.81. The zero-order valence-electron chi connectivity index (χ0n) is 15.7. The number of rotatable bonds is 6. The van der Waals surface area contributed by atoms with Crippen molar-refractivity contribution in [2.75, 3.05) is 32.7 Å². The summed E-state index contributed by atoms with van der Waals surface area (Å²) in [5.41, 5.74) is 1.03. The Morgan fingerprint density at radius 2 is 1.64 bits per heavy atom. The average molecular weight is 405 g/mol. The van der Waals surface area contributed by atoms with Crippen LogP contribution in [-0.2, 0) is 14.8 Å². The highest BCUT2D eigenvalue weighted by molar-refractivity contribution is 7.89. The Morgan fingerprint density at radius 3 is 2.25 bits per heavy atom. The maximum absolute atomic E-state index is 13.0. The van der Waals surface area contributed by atoms with Gasteiger partial charge in [0, 0.05) is 26.2 Å². The molecule has 1 fully saturated rings. The maximum atomic E-state index is 13.0. The van der Waals surface area contributed by atoms with Crippen molar-refractivity contribution in [3.63, 3.8) is 0 Å². The van der Waals surface area contributed by atoms with Crippen LogP contribution in [0.1, 0.15) is 18.5 Å². The Labute approximate surface area is 165 Å². The molecule has 0 spiro atoms. The molecule has 1 saturated heterocycles. The molecule has 1 heterocycles. The van der Waals surface area contributed by atoms with Gasteiger partial charge in [-0.15, -0.1) is 0 Å². The molecule has 0 saturated carbocycles. The lowest BCUT2D eigenvalue weighted by Gasteiger charge is -2.33. The third kappa shape index (κ3) is 4.95. The first-order chi connectivity index (χ1) is 13.4. The van der Waals surface area contributed by atoms with Gasteiger partial charge >= 0.3 is 0 Å². The summed E-state index contributed by atoms with van der Waals surface area (Å²) in [6.07, 6.45) is 0. The first-order valence-electron chi connectivity index (χ1n) is 9.18. The number of nitrogens with one attached hydrogen (secondary N) is 1. The van der Waals surface area contributed by atoms with Gasteiger partial charge in [-0.3, -0.25) is 9.69 Å². The van der Waals surface area contributed by atoms with E-state index >= 15 is 0 Å². The lowest BCUT2D eigenvalue weighted by atomic mass is 10.1. The predicted molar refractivity (Wildman–Crippen MR) is 105 cm³/mol. The minimum absolute atomic E-state index is 0.0804. The highest BCUT2D eigenvalue weighted by Gasteiger charge is 2.29. The summed E-state index contributed by atoms with van der Waals surface area (Å²) < 4.78 is 39.7. The van der Waals surface area contributed by atoms with Gasteiger partial charge in [0.1, 0.15) is 5.82 Å². The molecule has 28 heavy (non-hydrogen) atoms. The second-order valence-corrected chi connectivity index (χ2v) is 8.77. The third-order valence-electron chi connectivity index (χ3n) is 4.83. The molecular formula is C20H24FN3O3S. The zero-order chi connectivity index (χ0) is 20.1. The van der Waals surface area contributed by atoms with Crippen LogP contribution in [0.25, 0.3) is 0 Å². The molecule has 2 aromatic carbocycles. The molecule has 3 rings (SSSR count). The summed E-state index contributed by atoms with van der Waals surface area (Å²) >= 11 is 0. The average Bonchev–Trinajstić information content (AvgIpc) is 2.69. The fourth-order valence-corrected chi connectivity index (χ4v) is 4.62. The zero-order valence-corrected chi connectivity index (χ0v) is 16.5. The van der Waals surface area contributed by atoms with E-state index in [4.69, 9.17) is 0 Å². The largest absolute Gasteiger partial charge is 0.348 e. The van der Waals surface area contributed by atoms with Crippen LogP contribution in [0.15, 0.2) is 59.5 Å². The van der Waals surface area contributed by atoms with E-state index in [0.717, 1.165) is 17.7 Å². The number of hydrogen-bond acceptors (Lipinski definition) is 4. The van der Waals surface area contributed by atoms with Crippen molar-refractivity contribution < 1.29 is 17.6 Å². The van der Waals surface area contributed by atoms with Gasteiger partial charge in [0.25, 0.3) is 0 Å². The van der Waals surface area contributed by atoms with E-state index in [0.29, 0.717) is 26.2 Å². The number of sulfonamides is 1. The fourth-order valence-electron chi connectivity index (χ4n) is 3.20. The lowest BCUT2D eigenvalue weighted by molar-refractivity contribution is -0.123. The molecule has 1 atom stereocenters. The van der Waals surface area contributed by atoms with Crippen molar-refractivity contribution in [2.24, 2.45) is 0 Å². The minimum Gasteiger partial charge on any atom is -0.348 e.